The van der Waals surface area contributed by atoms with Gasteiger partial charge in [-0.25, -0.2) is 13.1 Å². The van der Waals surface area contributed by atoms with Gasteiger partial charge in [0.1, 0.15) is 0 Å². The molecule has 0 saturated carbocycles. The molecule has 0 fully saturated rings. The smallest absolute Gasteiger partial charge is 0.240 e. The molecule has 2 aromatic carbocycles. The van der Waals surface area contributed by atoms with Crippen LogP contribution in [0.15, 0.2) is 88.7 Å². The number of hydrogen-bond acceptors (Lipinski definition) is 5. The first-order valence-corrected chi connectivity index (χ1v) is 11.0. The van der Waals surface area contributed by atoms with Crippen LogP contribution in [0.5, 0.6) is 0 Å². The summed E-state index contributed by atoms with van der Waals surface area (Å²) in [5.41, 5.74) is 4.02. The van der Waals surface area contributed by atoms with E-state index in [2.05, 4.69) is 14.7 Å². The molecular formula is C21H17N3O2S2. The molecule has 0 bridgehead atoms. The van der Waals surface area contributed by atoms with Crippen molar-refractivity contribution in [2.45, 2.75) is 11.4 Å². The molecule has 0 spiro atoms. The monoisotopic (exact) mass is 407 g/mol. The number of aromatic nitrogens is 2. The van der Waals surface area contributed by atoms with Gasteiger partial charge < -0.3 is 0 Å². The molecule has 2 aromatic heterocycles. The fourth-order valence-electron chi connectivity index (χ4n) is 2.86. The van der Waals surface area contributed by atoms with Crippen LogP contribution in [-0.2, 0) is 16.6 Å². The van der Waals surface area contributed by atoms with Crippen LogP contribution in [0.25, 0.3) is 22.4 Å². The summed E-state index contributed by atoms with van der Waals surface area (Å²) in [5, 5.41) is 3.92. The minimum atomic E-state index is -3.69. The summed E-state index contributed by atoms with van der Waals surface area (Å²) in [7, 11) is -3.69. The molecule has 0 radical (unpaired) electrons. The number of rotatable bonds is 6. The Morgan fingerprint density at radius 2 is 1.64 bits per heavy atom. The van der Waals surface area contributed by atoms with E-state index in [1.54, 1.807) is 41.9 Å². The summed E-state index contributed by atoms with van der Waals surface area (Å²) in [6, 6.07) is 18.5. The maximum absolute atomic E-state index is 12.8. The number of benzene rings is 2. The van der Waals surface area contributed by atoms with Gasteiger partial charge in [0.05, 0.1) is 22.8 Å². The second kappa shape index (κ2) is 8.02. The van der Waals surface area contributed by atoms with E-state index in [4.69, 9.17) is 0 Å². The molecule has 0 aliphatic carbocycles. The van der Waals surface area contributed by atoms with Crippen molar-refractivity contribution in [3.05, 3.63) is 89.5 Å². The number of hydrogen-bond donors (Lipinski definition) is 1. The van der Waals surface area contributed by atoms with E-state index in [-0.39, 0.29) is 11.4 Å². The average Bonchev–Trinajstić information content (AvgIpc) is 3.28. The third-order valence-electron chi connectivity index (χ3n) is 4.25. The zero-order valence-electron chi connectivity index (χ0n) is 14.8. The summed E-state index contributed by atoms with van der Waals surface area (Å²) in [5.74, 6) is 0. The average molecular weight is 408 g/mol. The normalized spacial score (nSPS) is 11.4. The molecule has 0 saturated heterocycles. The van der Waals surface area contributed by atoms with Crippen molar-refractivity contribution >= 4 is 21.4 Å². The number of nitrogens with one attached hydrogen (secondary N) is 1. The Labute approximate surface area is 167 Å². The number of sulfonamides is 1. The predicted molar refractivity (Wildman–Crippen MR) is 111 cm³/mol. The zero-order chi connectivity index (χ0) is 19.4. The van der Waals surface area contributed by atoms with E-state index >= 15 is 0 Å². The van der Waals surface area contributed by atoms with Gasteiger partial charge in [0.25, 0.3) is 0 Å². The molecule has 0 amide bonds. The first kappa shape index (κ1) is 18.5. The molecule has 4 aromatic rings. The topological polar surface area (TPSA) is 72.0 Å². The van der Waals surface area contributed by atoms with Crippen LogP contribution in [0, 0.1) is 0 Å². The van der Waals surface area contributed by atoms with Gasteiger partial charge in [-0.05, 0) is 34.7 Å². The van der Waals surface area contributed by atoms with Crippen LogP contribution < -0.4 is 4.72 Å². The molecule has 7 heteroatoms. The molecule has 0 unspecified atom stereocenters. The highest BCUT2D eigenvalue weighted by Crippen LogP contribution is 2.24. The van der Waals surface area contributed by atoms with Gasteiger partial charge in [-0.1, -0.05) is 42.5 Å². The second-order valence-corrected chi connectivity index (χ2v) is 8.63. The Morgan fingerprint density at radius 3 is 2.43 bits per heavy atom. The molecule has 4 rings (SSSR count). The zero-order valence-corrected chi connectivity index (χ0v) is 16.5. The SMILES string of the molecule is O=S(=O)(NCc1nccnc1-c1ccsc1)c1cccc(-c2ccccc2)c1. The quantitative estimate of drug-likeness (QED) is 0.516. The highest BCUT2D eigenvalue weighted by molar-refractivity contribution is 7.89. The van der Waals surface area contributed by atoms with Gasteiger partial charge in [-0.2, -0.15) is 11.3 Å². The van der Waals surface area contributed by atoms with Crippen molar-refractivity contribution in [3.8, 4) is 22.4 Å². The lowest BCUT2D eigenvalue weighted by Crippen LogP contribution is -2.24. The molecule has 140 valence electrons. The minimum Gasteiger partial charge on any atom is -0.256 e. The van der Waals surface area contributed by atoms with Crippen LogP contribution in [0.3, 0.4) is 0 Å². The fraction of sp³-hybridized carbons (Fsp3) is 0.0476. The second-order valence-electron chi connectivity index (χ2n) is 6.08. The third-order valence-corrected chi connectivity index (χ3v) is 6.33. The first-order chi connectivity index (χ1) is 13.6. The first-order valence-electron chi connectivity index (χ1n) is 8.61. The van der Waals surface area contributed by atoms with Crippen LogP contribution in [0.2, 0.25) is 0 Å². The molecule has 0 atom stereocenters. The van der Waals surface area contributed by atoms with Crippen molar-refractivity contribution in [1.29, 1.82) is 0 Å². The Morgan fingerprint density at radius 1 is 0.857 bits per heavy atom. The summed E-state index contributed by atoms with van der Waals surface area (Å²) in [4.78, 5) is 8.89. The van der Waals surface area contributed by atoms with Crippen molar-refractivity contribution in [2.75, 3.05) is 0 Å². The van der Waals surface area contributed by atoms with Crippen molar-refractivity contribution in [1.82, 2.24) is 14.7 Å². The van der Waals surface area contributed by atoms with Crippen molar-refractivity contribution in [3.63, 3.8) is 0 Å². The van der Waals surface area contributed by atoms with E-state index in [0.29, 0.717) is 11.4 Å². The van der Waals surface area contributed by atoms with Crippen LogP contribution in [0.1, 0.15) is 5.69 Å². The highest BCUT2D eigenvalue weighted by atomic mass is 32.2. The van der Waals surface area contributed by atoms with E-state index in [1.807, 2.05) is 53.2 Å². The lowest BCUT2D eigenvalue weighted by molar-refractivity contribution is 0.580. The molecule has 0 aliphatic heterocycles. The van der Waals surface area contributed by atoms with E-state index in [0.717, 1.165) is 16.7 Å². The van der Waals surface area contributed by atoms with Crippen LogP contribution >= 0.6 is 11.3 Å². The van der Waals surface area contributed by atoms with Crippen molar-refractivity contribution in [2.24, 2.45) is 0 Å². The van der Waals surface area contributed by atoms with Gasteiger partial charge in [0.2, 0.25) is 10.0 Å². The Balaban J connectivity index is 1.58. The van der Waals surface area contributed by atoms with E-state index in [9.17, 15) is 8.42 Å². The maximum atomic E-state index is 12.8. The molecule has 5 nitrogen and oxygen atoms in total. The summed E-state index contributed by atoms with van der Waals surface area (Å²) < 4.78 is 28.3. The fourth-order valence-corrected chi connectivity index (χ4v) is 4.53. The largest absolute Gasteiger partial charge is 0.256 e. The van der Waals surface area contributed by atoms with Crippen LogP contribution in [0.4, 0.5) is 0 Å². The Hall–Kier alpha value is -2.87. The minimum absolute atomic E-state index is 0.0664. The number of nitrogens with zero attached hydrogens (tertiary/aromatic N) is 2. The number of thiophene rings is 1. The summed E-state index contributed by atoms with van der Waals surface area (Å²) >= 11 is 1.56. The van der Waals surface area contributed by atoms with Gasteiger partial charge in [-0.3, -0.25) is 9.97 Å². The molecule has 1 N–H and O–H groups in total. The Bertz CT molecular complexity index is 1180. The standard InChI is InChI=1S/C21H17N3O2S2/c25-28(26,19-8-4-7-17(13-19)16-5-2-1-3-6-16)24-14-20-21(23-11-10-22-20)18-9-12-27-15-18/h1-13,15,24H,14H2. The maximum Gasteiger partial charge on any atom is 0.240 e. The Kier molecular flexibility index (Phi) is 5.29. The van der Waals surface area contributed by atoms with Gasteiger partial charge in [-0.15, -0.1) is 0 Å². The predicted octanol–water partition coefficient (Wildman–Crippen LogP) is 4.35. The van der Waals surface area contributed by atoms with Gasteiger partial charge in [0, 0.05) is 23.3 Å². The highest BCUT2D eigenvalue weighted by Gasteiger charge is 2.17. The lowest BCUT2D eigenvalue weighted by atomic mass is 10.1. The molecule has 0 aliphatic rings. The summed E-state index contributed by atoms with van der Waals surface area (Å²) in [6.07, 6.45) is 3.17. The summed E-state index contributed by atoms with van der Waals surface area (Å²) in [6.45, 7) is 0.0664. The van der Waals surface area contributed by atoms with Crippen molar-refractivity contribution < 1.29 is 8.42 Å². The van der Waals surface area contributed by atoms with E-state index < -0.39 is 10.0 Å². The molecular weight excluding hydrogens is 390 g/mol. The third kappa shape index (κ3) is 4.01. The van der Waals surface area contributed by atoms with Gasteiger partial charge in [0.15, 0.2) is 0 Å². The van der Waals surface area contributed by atoms with E-state index in [1.165, 1.54) is 0 Å². The molecule has 28 heavy (non-hydrogen) atoms. The van der Waals surface area contributed by atoms with Gasteiger partial charge >= 0.3 is 0 Å². The molecule has 2 heterocycles. The van der Waals surface area contributed by atoms with Crippen LogP contribution in [-0.4, -0.2) is 18.4 Å². The lowest BCUT2D eigenvalue weighted by Gasteiger charge is -2.10.